The molecule has 1 fully saturated rings. The van der Waals surface area contributed by atoms with Gasteiger partial charge in [0.15, 0.2) is 11.5 Å². The Balaban J connectivity index is 2.12. The maximum Gasteiger partial charge on any atom is 0.211 e. The highest BCUT2D eigenvalue weighted by Crippen LogP contribution is 2.39. The van der Waals surface area contributed by atoms with Crippen LogP contribution in [0.4, 0.5) is 0 Å². The van der Waals surface area contributed by atoms with Crippen LogP contribution in [0.2, 0.25) is 0 Å². The van der Waals surface area contributed by atoms with Crippen LogP contribution in [0.5, 0.6) is 17.2 Å². The number of piperazine rings is 1. The van der Waals surface area contributed by atoms with E-state index < -0.39 is 10.0 Å². The van der Waals surface area contributed by atoms with Crippen molar-refractivity contribution < 1.29 is 27.5 Å². The van der Waals surface area contributed by atoms with Crippen LogP contribution < -0.4 is 19.1 Å². The number of rotatable bonds is 6. The minimum Gasteiger partial charge on any atom is -0.493 e. The normalized spacial score (nSPS) is 17.0. The highest BCUT2D eigenvalue weighted by Gasteiger charge is 2.27. The summed E-state index contributed by atoms with van der Waals surface area (Å²) in [5.74, 6) is 1.89. The van der Waals surface area contributed by atoms with Crippen molar-refractivity contribution in [2.75, 3.05) is 53.8 Å². The van der Waals surface area contributed by atoms with Gasteiger partial charge in [-0.1, -0.05) is 0 Å². The van der Waals surface area contributed by atoms with Crippen molar-refractivity contribution in [3.8, 4) is 17.2 Å². The maximum atomic E-state index is 11.6. The van der Waals surface area contributed by atoms with Crippen LogP contribution in [0, 0.1) is 0 Å². The lowest BCUT2D eigenvalue weighted by Gasteiger charge is -2.31. The zero-order valence-corrected chi connectivity index (χ0v) is 14.9. The third kappa shape index (κ3) is 4.07. The largest absolute Gasteiger partial charge is 0.493 e. The van der Waals surface area contributed by atoms with Gasteiger partial charge in [0.1, 0.15) is 6.54 Å². The summed E-state index contributed by atoms with van der Waals surface area (Å²) in [6, 6.07) is 3.83. The molecule has 1 aromatic rings. The molecule has 0 amide bonds. The van der Waals surface area contributed by atoms with Crippen molar-refractivity contribution in [3.63, 3.8) is 0 Å². The van der Waals surface area contributed by atoms with Gasteiger partial charge < -0.3 is 19.1 Å². The molecule has 130 valence electrons. The van der Waals surface area contributed by atoms with Crippen LogP contribution >= 0.6 is 0 Å². The Hall–Kier alpha value is -1.51. The van der Waals surface area contributed by atoms with Crippen LogP contribution in [0.1, 0.15) is 5.56 Å². The van der Waals surface area contributed by atoms with Gasteiger partial charge in [-0.05, 0) is 12.1 Å². The standard InChI is InChI=1S/C15H24N2O5S/c1-20-13-6-5-12(14(21-2)15(13)22-3)11-16-7-9-17(10-8-16)23(4,18)19/h5-6H,7-11H2,1-4H3/p+1. The fourth-order valence-electron chi connectivity index (χ4n) is 2.88. The molecule has 0 saturated carbocycles. The molecule has 0 radical (unpaired) electrons. The first-order valence-electron chi connectivity index (χ1n) is 7.47. The monoisotopic (exact) mass is 345 g/mol. The van der Waals surface area contributed by atoms with Crippen LogP contribution in [0.3, 0.4) is 0 Å². The molecule has 1 aliphatic rings. The number of ether oxygens (including phenoxy) is 3. The summed E-state index contributed by atoms with van der Waals surface area (Å²) in [4.78, 5) is 1.32. The van der Waals surface area contributed by atoms with Crippen molar-refractivity contribution in [2.45, 2.75) is 6.54 Å². The minimum atomic E-state index is -3.10. The van der Waals surface area contributed by atoms with Crippen molar-refractivity contribution in [1.29, 1.82) is 0 Å². The van der Waals surface area contributed by atoms with E-state index >= 15 is 0 Å². The lowest BCUT2D eigenvalue weighted by molar-refractivity contribution is -0.917. The second-order valence-electron chi connectivity index (χ2n) is 5.58. The first-order chi connectivity index (χ1) is 10.9. The summed E-state index contributed by atoms with van der Waals surface area (Å²) in [6.07, 6.45) is 1.26. The smallest absolute Gasteiger partial charge is 0.211 e. The van der Waals surface area contributed by atoms with E-state index in [4.69, 9.17) is 14.2 Å². The van der Waals surface area contributed by atoms with Gasteiger partial charge in [-0.2, -0.15) is 4.31 Å². The Bertz CT molecular complexity index is 640. The molecule has 2 rings (SSSR count). The number of quaternary nitrogens is 1. The van der Waals surface area contributed by atoms with Crippen molar-refractivity contribution in [3.05, 3.63) is 17.7 Å². The number of sulfonamides is 1. The molecule has 1 N–H and O–H groups in total. The van der Waals surface area contributed by atoms with Crippen LogP contribution in [0.15, 0.2) is 12.1 Å². The van der Waals surface area contributed by atoms with Crippen LogP contribution in [0.25, 0.3) is 0 Å². The number of nitrogens with zero attached hydrogens (tertiary/aromatic N) is 1. The number of methoxy groups -OCH3 is 3. The third-order valence-corrected chi connectivity index (χ3v) is 5.43. The molecule has 0 aromatic heterocycles. The molecule has 0 aliphatic carbocycles. The predicted octanol–water partition coefficient (Wildman–Crippen LogP) is -0.627. The molecule has 23 heavy (non-hydrogen) atoms. The predicted molar refractivity (Wildman–Crippen MR) is 86.9 cm³/mol. The Morgan fingerprint density at radius 1 is 1.04 bits per heavy atom. The molecule has 7 nitrogen and oxygen atoms in total. The molecule has 1 aromatic carbocycles. The summed E-state index contributed by atoms with van der Waals surface area (Å²) in [7, 11) is 1.69. The topological polar surface area (TPSA) is 69.5 Å². The fraction of sp³-hybridized carbons (Fsp3) is 0.600. The quantitative estimate of drug-likeness (QED) is 0.744. The highest BCUT2D eigenvalue weighted by molar-refractivity contribution is 7.88. The first kappa shape index (κ1) is 17.8. The Morgan fingerprint density at radius 3 is 2.13 bits per heavy atom. The summed E-state index contributed by atoms with van der Waals surface area (Å²) in [5.41, 5.74) is 1.02. The number of hydrogen-bond acceptors (Lipinski definition) is 5. The van der Waals surface area contributed by atoms with Crippen molar-refractivity contribution >= 4 is 10.0 Å². The molecule has 1 aliphatic heterocycles. The van der Waals surface area contributed by atoms with E-state index in [-0.39, 0.29) is 0 Å². The lowest BCUT2D eigenvalue weighted by atomic mass is 10.1. The number of benzene rings is 1. The molecule has 0 bridgehead atoms. The van der Waals surface area contributed by atoms with Gasteiger partial charge in [0, 0.05) is 0 Å². The molecular formula is C15H25N2O5S+. The van der Waals surface area contributed by atoms with Gasteiger partial charge in [-0.25, -0.2) is 8.42 Å². The van der Waals surface area contributed by atoms with E-state index in [1.807, 2.05) is 12.1 Å². The van der Waals surface area contributed by atoms with Crippen LogP contribution in [-0.2, 0) is 16.6 Å². The van der Waals surface area contributed by atoms with Gasteiger partial charge in [-0.15, -0.1) is 0 Å². The van der Waals surface area contributed by atoms with Gasteiger partial charge in [0.25, 0.3) is 0 Å². The van der Waals surface area contributed by atoms with Crippen LogP contribution in [-0.4, -0.2) is 66.5 Å². The van der Waals surface area contributed by atoms with Crippen molar-refractivity contribution in [2.24, 2.45) is 0 Å². The van der Waals surface area contributed by atoms with Gasteiger partial charge >= 0.3 is 0 Å². The Morgan fingerprint density at radius 2 is 1.65 bits per heavy atom. The highest BCUT2D eigenvalue weighted by atomic mass is 32.2. The summed E-state index contributed by atoms with van der Waals surface area (Å²) >= 11 is 0. The number of nitrogens with one attached hydrogen (secondary N) is 1. The summed E-state index contributed by atoms with van der Waals surface area (Å²) in [5, 5.41) is 0. The van der Waals surface area contributed by atoms with E-state index in [2.05, 4.69) is 0 Å². The summed E-state index contributed by atoms with van der Waals surface area (Å²) in [6.45, 7) is 3.38. The van der Waals surface area contributed by atoms with E-state index in [0.29, 0.717) is 30.3 Å². The fourth-order valence-corrected chi connectivity index (χ4v) is 3.73. The maximum absolute atomic E-state index is 11.6. The van der Waals surface area contributed by atoms with E-state index in [1.54, 1.807) is 21.3 Å². The minimum absolute atomic E-state index is 0.545. The van der Waals surface area contributed by atoms with Gasteiger partial charge in [0.2, 0.25) is 15.8 Å². The van der Waals surface area contributed by atoms with E-state index in [1.165, 1.54) is 15.5 Å². The number of hydrogen-bond donors (Lipinski definition) is 1. The summed E-state index contributed by atoms with van der Waals surface area (Å²) < 4.78 is 40.9. The Labute approximate surface area is 137 Å². The second kappa shape index (κ2) is 7.37. The molecule has 0 spiro atoms. The third-order valence-electron chi connectivity index (χ3n) is 4.12. The second-order valence-corrected chi connectivity index (χ2v) is 7.56. The average molecular weight is 345 g/mol. The molecule has 0 unspecified atom stereocenters. The molecule has 1 heterocycles. The van der Waals surface area contributed by atoms with E-state index in [9.17, 15) is 8.42 Å². The first-order valence-corrected chi connectivity index (χ1v) is 9.32. The van der Waals surface area contributed by atoms with Gasteiger partial charge in [0.05, 0.1) is 59.3 Å². The average Bonchev–Trinajstić information content (AvgIpc) is 2.53. The lowest BCUT2D eigenvalue weighted by Crippen LogP contribution is -3.13. The molecular weight excluding hydrogens is 320 g/mol. The van der Waals surface area contributed by atoms with Crippen molar-refractivity contribution in [1.82, 2.24) is 4.31 Å². The Kier molecular flexibility index (Phi) is 5.72. The molecule has 0 atom stereocenters. The molecule has 1 saturated heterocycles. The molecule has 8 heteroatoms. The van der Waals surface area contributed by atoms with E-state index in [0.717, 1.165) is 25.2 Å². The zero-order valence-electron chi connectivity index (χ0n) is 14.1. The zero-order chi connectivity index (χ0) is 17.0. The van der Waals surface area contributed by atoms with Gasteiger partial charge in [-0.3, -0.25) is 0 Å². The SMILES string of the molecule is COc1ccc(C[NH+]2CCN(S(C)(=O)=O)CC2)c(OC)c1OC.